The molecule has 3 N–H and O–H groups in total. The topological polar surface area (TPSA) is 113 Å². The van der Waals surface area contributed by atoms with Crippen LogP contribution < -0.4 is 10.1 Å². The summed E-state index contributed by atoms with van der Waals surface area (Å²) in [5.41, 5.74) is 2.38. The number of carbonyl (C=O) groups excluding carboxylic acids is 1. The highest BCUT2D eigenvalue weighted by Crippen LogP contribution is 2.62. The number of aliphatic hydroxyl groups is 1. The molecule has 2 fully saturated rings. The highest BCUT2D eigenvalue weighted by Gasteiger charge is 2.57. The van der Waals surface area contributed by atoms with Gasteiger partial charge in [0.1, 0.15) is 11.8 Å². The van der Waals surface area contributed by atoms with Gasteiger partial charge in [-0.1, -0.05) is 65.4 Å². The van der Waals surface area contributed by atoms with E-state index in [1.54, 1.807) is 19.9 Å². The summed E-state index contributed by atoms with van der Waals surface area (Å²) in [7, 11) is -1.40. The molecule has 3 aliphatic carbocycles. The molecule has 1 aromatic carbocycles. The van der Waals surface area contributed by atoms with Crippen LogP contribution in [0.2, 0.25) is 0 Å². The summed E-state index contributed by atoms with van der Waals surface area (Å²) in [4.78, 5) is 24.2. The van der Waals surface area contributed by atoms with Crippen LogP contribution in [-0.4, -0.2) is 62.2 Å². The number of benzene rings is 1. The van der Waals surface area contributed by atoms with Crippen molar-refractivity contribution in [2.45, 2.75) is 147 Å². The molecule has 51 heavy (non-hydrogen) atoms. The number of rotatable bonds is 18. The quantitative estimate of drug-likeness (QED) is 0.102. The molecule has 0 saturated heterocycles. The molecule has 3 aliphatic rings. The van der Waals surface area contributed by atoms with E-state index in [4.69, 9.17) is 4.74 Å². The van der Waals surface area contributed by atoms with Gasteiger partial charge in [-0.25, -0.2) is 9.59 Å². The number of aliphatic hydroxyl groups excluding tert-OH is 1. The van der Waals surface area contributed by atoms with Crippen molar-refractivity contribution in [3.05, 3.63) is 29.3 Å². The fourth-order valence-corrected chi connectivity index (χ4v) is 10.3. The zero-order valence-corrected chi connectivity index (χ0v) is 30.9. The van der Waals surface area contributed by atoms with Crippen molar-refractivity contribution in [1.29, 1.82) is 0 Å². The lowest BCUT2D eigenvalue weighted by molar-refractivity contribution is -0.284. The highest BCUT2D eigenvalue weighted by molar-refractivity contribution is 7.84. The van der Waals surface area contributed by atoms with Gasteiger partial charge >= 0.3 is 24.2 Å². The summed E-state index contributed by atoms with van der Waals surface area (Å²) in [5, 5.41) is 22.9. The smallest absolute Gasteiger partial charge is 0.453 e. The number of amides is 1. The van der Waals surface area contributed by atoms with Gasteiger partial charge in [0.25, 0.3) is 0 Å². The average molecular weight is 750 g/mol. The van der Waals surface area contributed by atoms with Crippen molar-refractivity contribution < 1.29 is 50.7 Å². The molecular weight excluding hydrogens is 693 g/mol. The molecule has 4 rings (SSSR count). The molecule has 0 spiro atoms. The Hall–Kier alpha value is -2.28. The van der Waals surface area contributed by atoms with Crippen LogP contribution >= 0.6 is 0 Å². The van der Waals surface area contributed by atoms with Crippen molar-refractivity contribution in [2.24, 2.45) is 29.1 Å². The summed E-state index contributed by atoms with van der Waals surface area (Å²) in [5.74, 6) is -3.90. The van der Waals surface area contributed by atoms with Crippen LogP contribution in [-0.2, 0) is 22.0 Å². The number of alkyl halides is 5. The molecule has 7 nitrogen and oxygen atoms in total. The molecule has 290 valence electrons. The fraction of sp³-hybridized carbons (Fsp3) is 0.789. The number of ether oxygens (including phenoxy) is 1. The number of unbranched alkanes of at least 4 members (excludes halogenated alkanes) is 6. The second-order valence-electron chi connectivity index (χ2n) is 15.8. The Kier molecular flexibility index (Phi) is 14.4. The Bertz CT molecular complexity index is 1360. The van der Waals surface area contributed by atoms with E-state index in [1.807, 2.05) is 6.07 Å². The van der Waals surface area contributed by atoms with E-state index in [9.17, 15) is 46.0 Å². The predicted molar refractivity (Wildman–Crippen MR) is 186 cm³/mol. The minimum Gasteiger partial charge on any atom is -0.480 e. The third-order valence-corrected chi connectivity index (χ3v) is 13.5. The lowest BCUT2D eigenvalue weighted by Gasteiger charge is -2.53. The Labute approximate surface area is 301 Å². The van der Waals surface area contributed by atoms with Gasteiger partial charge in [0.15, 0.2) is 0 Å². The van der Waals surface area contributed by atoms with E-state index in [0.717, 1.165) is 77.0 Å². The number of carboxylic acid groups (broad SMARTS) is 1. The summed E-state index contributed by atoms with van der Waals surface area (Å²) in [6.45, 7) is 5.70. The van der Waals surface area contributed by atoms with Gasteiger partial charge in [0.2, 0.25) is 0 Å². The number of fused-ring (bicyclic) bond motifs is 5. The van der Waals surface area contributed by atoms with Crippen LogP contribution in [0.25, 0.3) is 0 Å². The van der Waals surface area contributed by atoms with Crippen LogP contribution in [0.5, 0.6) is 5.75 Å². The first-order valence-electron chi connectivity index (χ1n) is 18.8. The van der Waals surface area contributed by atoms with Gasteiger partial charge in [-0.05, 0) is 110 Å². The van der Waals surface area contributed by atoms with Crippen LogP contribution in [0.1, 0.15) is 128 Å². The maximum absolute atomic E-state index is 13.0. The summed E-state index contributed by atoms with van der Waals surface area (Å²) in [6.07, 6.45) is 3.97. The third kappa shape index (κ3) is 10.4. The molecule has 0 radical (unpaired) electrons. The normalized spacial score (nSPS) is 27.3. The summed E-state index contributed by atoms with van der Waals surface area (Å²) >= 11 is 0. The Morgan fingerprint density at radius 2 is 1.63 bits per heavy atom. The van der Waals surface area contributed by atoms with E-state index in [-0.39, 0.29) is 23.2 Å². The first-order chi connectivity index (χ1) is 23.9. The van der Waals surface area contributed by atoms with Gasteiger partial charge in [-0.2, -0.15) is 22.0 Å². The standard InChI is InChI=1S/C38H56F5NO6S/c1-24(2)33(34(46)47)44-35(48)50-27-13-14-28-26(23-27)22-25(32-29(28)17-19-36(3)30(32)15-16-31(36)45)12-9-7-5-4-6-8-10-20-51(49)21-11-18-37(39,40)38(41,42)43/h13-14,23-25,29-33,45H,4-12,15-22H2,1-3H3,(H,44,48)(H,46,47)/t25-,29?,30+,31+,32-,33?,36+,51?/m1/s1. The van der Waals surface area contributed by atoms with Crippen LogP contribution in [0.15, 0.2) is 18.2 Å². The highest BCUT2D eigenvalue weighted by atomic mass is 32.2. The van der Waals surface area contributed by atoms with E-state index < -0.39 is 53.8 Å². The monoisotopic (exact) mass is 749 g/mol. The summed E-state index contributed by atoms with van der Waals surface area (Å²) in [6, 6.07) is 4.75. The van der Waals surface area contributed by atoms with Crippen molar-refractivity contribution in [3.8, 4) is 5.75 Å². The van der Waals surface area contributed by atoms with Crippen molar-refractivity contribution >= 4 is 22.9 Å². The number of nitrogens with one attached hydrogen (secondary N) is 1. The molecule has 1 aromatic rings. The molecule has 8 atom stereocenters. The molecule has 3 unspecified atom stereocenters. The summed E-state index contributed by atoms with van der Waals surface area (Å²) < 4.78 is 80.6. The molecular formula is C38H56F5NO6S. The molecule has 2 saturated carbocycles. The Morgan fingerprint density at radius 3 is 2.27 bits per heavy atom. The van der Waals surface area contributed by atoms with E-state index in [0.29, 0.717) is 41.6 Å². The van der Waals surface area contributed by atoms with Crippen LogP contribution in [0.4, 0.5) is 26.7 Å². The number of carbonyl (C=O) groups is 2. The van der Waals surface area contributed by atoms with Gasteiger partial charge in [-0.3, -0.25) is 4.21 Å². The van der Waals surface area contributed by atoms with Gasteiger partial charge < -0.3 is 20.3 Å². The maximum atomic E-state index is 13.0. The Morgan fingerprint density at radius 1 is 0.980 bits per heavy atom. The number of hydrogen-bond acceptors (Lipinski definition) is 5. The number of hydrogen-bond donors (Lipinski definition) is 3. The van der Waals surface area contributed by atoms with Crippen molar-refractivity contribution in [3.63, 3.8) is 0 Å². The molecule has 0 aromatic heterocycles. The largest absolute Gasteiger partial charge is 0.480 e. The zero-order valence-electron chi connectivity index (χ0n) is 30.1. The average Bonchev–Trinajstić information content (AvgIpc) is 3.35. The SMILES string of the molecule is CC(C)C(NC(=O)Oc1ccc2c(c1)C[C@@H](CCCCCCCCCS(=O)CCCC(F)(F)C(F)(F)F)[C@@H]1C2CC[C@]2(C)[C@@H](O)CC[C@@H]12)C(=O)O. The van der Waals surface area contributed by atoms with E-state index in [1.165, 1.54) is 11.1 Å². The van der Waals surface area contributed by atoms with Crippen LogP contribution in [0.3, 0.4) is 0 Å². The third-order valence-electron chi connectivity index (χ3n) is 12.0. The first kappa shape index (κ1) is 41.5. The number of aliphatic carboxylic acids is 1. The Balaban J connectivity index is 1.26. The minimum atomic E-state index is -5.57. The molecule has 0 aliphatic heterocycles. The molecule has 13 heteroatoms. The second kappa shape index (κ2) is 17.7. The maximum Gasteiger partial charge on any atom is 0.453 e. The zero-order chi connectivity index (χ0) is 37.6. The van der Waals surface area contributed by atoms with Crippen LogP contribution in [0, 0.1) is 29.1 Å². The lowest BCUT2D eigenvalue weighted by atomic mass is 9.52. The lowest BCUT2D eigenvalue weighted by Crippen LogP contribution is -2.47. The van der Waals surface area contributed by atoms with Crippen molar-refractivity contribution in [2.75, 3.05) is 11.5 Å². The predicted octanol–water partition coefficient (Wildman–Crippen LogP) is 9.17. The first-order valence-corrected chi connectivity index (χ1v) is 20.2. The van der Waals surface area contributed by atoms with E-state index in [2.05, 4.69) is 18.3 Å². The van der Waals surface area contributed by atoms with Gasteiger partial charge in [0.05, 0.1) is 6.10 Å². The number of halogens is 5. The second-order valence-corrected chi connectivity index (χ2v) is 17.5. The van der Waals surface area contributed by atoms with Crippen molar-refractivity contribution in [1.82, 2.24) is 5.32 Å². The van der Waals surface area contributed by atoms with Gasteiger partial charge in [0, 0.05) is 28.7 Å². The minimum absolute atomic E-state index is 0.0764. The van der Waals surface area contributed by atoms with Gasteiger partial charge in [-0.15, -0.1) is 0 Å². The molecule has 1 amide bonds. The molecule has 0 heterocycles. The number of carboxylic acids is 1. The fourth-order valence-electron chi connectivity index (χ4n) is 9.11. The molecule has 0 bridgehead atoms. The van der Waals surface area contributed by atoms with E-state index >= 15 is 0 Å².